The maximum atomic E-state index is 13.6. The molecule has 0 unspecified atom stereocenters. The smallest absolute Gasteiger partial charge is 0.309 e. The Bertz CT molecular complexity index is 1290. The topological polar surface area (TPSA) is 122 Å². The number of aryl methyl sites for hydroxylation is 1. The van der Waals surface area contributed by atoms with Gasteiger partial charge < -0.3 is 15.2 Å². The number of hydrogen-bond acceptors (Lipinski definition) is 6. The van der Waals surface area contributed by atoms with Gasteiger partial charge in [0.1, 0.15) is 6.04 Å². The maximum Gasteiger partial charge on any atom is 0.309 e. The first-order valence-electron chi connectivity index (χ1n) is 13.3. The van der Waals surface area contributed by atoms with E-state index < -0.39 is 40.4 Å². The van der Waals surface area contributed by atoms with Crippen molar-refractivity contribution < 1.29 is 24.2 Å². The normalized spacial score (nSPS) is 19.2. The van der Waals surface area contributed by atoms with E-state index in [0.29, 0.717) is 19.3 Å². The summed E-state index contributed by atoms with van der Waals surface area (Å²) in [5.74, 6) is -4.18. The Hall–Kier alpha value is -3.91. The van der Waals surface area contributed by atoms with Gasteiger partial charge in [-0.1, -0.05) is 81.1 Å². The number of benzene rings is 2. The number of nitroso groups, excluding NO2 is 1. The Balaban J connectivity index is 1.82. The van der Waals surface area contributed by atoms with Gasteiger partial charge in [-0.2, -0.15) is 0 Å². The molecule has 2 aromatic carbocycles. The van der Waals surface area contributed by atoms with Crippen LogP contribution in [0.25, 0.3) is 17.2 Å². The van der Waals surface area contributed by atoms with E-state index in [2.05, 4.69) is 35.8 Å². The number of esters is 1. The summed E-state index contributed by atoms with van der Waals surface area (Å²) in [5, 5.41) is 15.1. The number of aliphatic hydroxyl groups is 1. The number of carbonyl (C=O) groups is 3. The molecule has 0 radical (unpaired) electrons. The van der Waals surface area contributed by atoms with Crippen LogP contribution < -0.4 is 5.32 Å². The predicted molar refractivity (Wildman–Crippen MR) is 155 cm³/mol. The Morgan fingerprint density at radius 1 is 1.15 bits per heavy atom. The zero-order chi connectivity index (χ0) is 29.7. The minimum atomic E-state index is -1.70. The van der Waals surface area contributed by atoms with Crippen LogP contribution >= 0.6 is 0 Å². The molecule has 0 aromatic heterocycles. The molecule has 8 heteroatoms. The van der Waals surface area contributed by atoms with Crippen molar-refractivity contribution >= 4 is 23.9 Å². The second-order valence-corrected chi connectivity index (χ2v) is 11.5. The average Bonchev–Trinajstić information content (AvgIpc) is 3.62. The zero-order valence-electron chi connectivity index (χ0n) is 23.6. The summed E-state index contributed by atoms with van der Waals surface area (Å²) in [6.45, 7) is 13.6. The van der Waals surface area contributed by atoms with Crippen molar-refractivity contribution in [2.75, 3.05) is 0 Å². The fraction of sp³-hybridized carbons (Fsp3) is 0.406. The van der Waals surface area contributed by atoms with E-state index in [1.165, 1.54) is 19.9 Å². The molecule has 2 aromatic rings. The molecule has 0 spiro atoms. The van der Waals surface area contributed by atoms with Gasteiger partial charge in [-0.25, -0.2) is 0 Å². The lowest BCUT2D eigenvalue weighted by atomic mass is 9.83. The fourth-order valence-corrected chi connectivity index (χ4v) is 5.08. The van der Waals surface area contributed by atoms with Gasteiger partial charge in [-0.05, 0) is 47.4 Å². The van der Waals surface area contributed by atoms with Crippen LogP contribution in [-0.4, -0.2) is 34.7 Å². The fourth-order valence-electron chi connectivity index (χ4n) is 5.08. The quantitative estimate of drug-likeness (QED) is 0.146. The molecular formula is C32H38N2O6. The highest BCUT2D eigenvalue weighted by atomic mass is 16.7. The number of ether oxygens (including phenoxy) is 1. The summed E-state index contributed by atoms with van der Waals surface area (Å²) in [5.41, 5.74) is 2.10. The van der Waals surface area contributed by atoms with Crippen molar-refractivity contribution in [2.45, 2.75) is 65.2 Å². The Labute approximate surface area is 235 Å². The highest BCUT2D eigenvalue weighted by Crippen LogP contribution is 2.58. The molecule has 3 atom stereocenters. The molecule has 2 amide bonds. The molecule has 1 saturated carbocycles. The molecule has 0 saturated heterocycles. The SMILES string of the molecule is C=Cc1cc(CC[C@@H]2C[C@]2(CC(=O)OC(C)(C)O)C(=O)N[C@H](C(=O)N=O)C(C)(C)C=C)ccc1-c1ccccc1. The van der Waals surface area contributed by atoms with Gasteiger partial charge in [0, 0.05) is 24.4 Å². The molecule has 2 N–H and O–H groups in total. The van der Waals surface area contributed by atoms with Crippen molar-refractivity contribution in [1.29, 1.82) is 0 Å². The predicted octanol–water partition coefficient (Wildman–Crippen LogP) is 5.59. The van der Waals surface area contributed by atoms with Crippen molar-refractivity contribution in [3.05, 3.63) is 83.8 Å². The van der Waals surface area contributed by atoms with Crippen molar-refractivity contribution in [3.63, 3.8) is 0 Å². The van der Waals surface area contributed by atoms with Crippen molar-refractivity contribution in [3.8, 4) is 11.1 Å². The number of amides is 2. The van der Waals surface area contributed by atoms with Gasteiger partial charge >= 0.3 is 11.9 Å². The van der Waals surface area contributed by atoms with Gasteiger partial charge in [-0.15, -0.1) is 11.5 Å². The second kappa shape index (κ2) is 12.1. The van der Waals surface area contributed by atoms with E-state index in [4.69, 9.17) is 4.74 Å². The molecule has 3 rings (SSSR count). The van der Waals surface area contributed by atoms with E-state index in [9.17, 15) is 24.4 Å². The third-order valence-corrected chi connectivity index (χ3v) is 7.59. The third-order valence-electron chi connectivity index (χ3n) is 7.59. The molecule has 0 bridgehead atoms. The maximum absolute atomic E-state index is 13.6. The molecule has 40 heavy (non-hydrogen) atoms. The molecule has 1 aliphatic rings. The largest absolute Gasteiger partial charge is 0.434 e. The van der Waals surface area contributed by atoms with E-state index in [1.807, 2.05) is 42.5 Å². The van der Waals surface area contributed by atoms with Gasteiger partial charge in [-0.3, -0.25) is 14.4 Å². The summed E-state index contributed by atoms with van der Waals surface area (Å²) >= 11 is 0. The van der Waals surface area contributed by atoms with Gasteiger partial charge in [0.25, 0.3) is 0 Å². The summed E-state index contributed by atoms with van der Waals surface area (Å²) in [7, 11) is 0. The minimum Gasteiger partial charge on any atom is -0.434 e. The molecule has 212 valence electrons. The molecule has 0 heterocycles. The van der Waals surface area contributed by atoms with Gasteiger partial charge in [0.05, 0.1) is 11.8 Å². The van der Waals surface area contributed by atoms with E-state index in [-0.39, 0.29) is 12.3 Å². The Morgan fingerprint density at radius 3 is 2.40 bits per heavy atom. The monoisotopic (exact) mass is 546 g/mol. The van der Waals surface area contributed by atoms with Crippen LogP contribution in [0, 0.1) is 21.7 Å². The van der Waals surface area contributed by atoms with Crippen molar-refractivity contribution in [1.82, 2.24) is 5.32 Å². The van der Waals surface area contributed by atoms with Crippen molar-refractivity contribution in [2.24, 2.45) is 21.9 Å². The lowest BCUT2D eigenvalue weighted by molar-refractivity contribution is -0.196. The first-order valence-corrected chi connectivity index (χ1v) is 13.3. The molecule has 0 aliphatic heterocycles. The number of nitrogens with one attached hydrogen (secondary N) is 1. The van der Waals surface area contributed by atoms with Crippen LogP contribution in [0.5, 0.6) is 0 Å². The molecule has 8 nitrogen and oxygen atoms in total. The number of carbonyl (C=O) groups excluding carboxylic acids is 3. The highest BCUT2D eigenvalue weighted by molar-refractivity contribution is 5.95. The lowest BCUT2D eigenvalue weighted by Crippen LogP contribution is -2.51. The summed E-state index contributed by atoms with van der Waals surface area (Å²) in [6, 6.07) is 14.9. The first-order chi connectivity index (χ1) is 18.8. The van der Waals surface area contributed by atoms with Crippen LogP contribution in [0.3, 0.4) is 0 Å². The summed E-state index contributed by atoms with van der Waals surface area (Å²) < 4.78 is 5.10. The number of nitrogens with zero attached hydrogens (tertiary/aromatic N) is 1. The molecule has 1 fully saturated rings. The zero-order valence-corrected chi connectivity index (χ0v) is 23.6. The van der Waals surface area contributed by atoms with Crippen LogP contribution in [0.4, 0.5) is 0 Å². The summed E-state index contributed by atoms with van der Waals surface area (Å²) in [6.07, 6.45) is 4.64. The van der Waals surface area contributed by atoms with Crippen LogP contribution in [0.1, 0.15) is 58.1 Å². The van der Waals surface area contributed by atoms with Crippen LogP contribution in [-0.2, 0) is 25.5 Å². The molecule has 1 aliphatic carbocycles. The second-order valence-electron chi connectivity index (χ2n) is 11.5. The Kier molecular flexibility index (Phi) is 9.25. The standard InChI is InChI=1S/C32H38N2O6/c1-7-22-18-21(15-17-25(22)23-12-10-9-11-13-23)14-16-24-19-32(24,20-26(35)40-31(5,6)38)29(37)33-27(28(36)34-39)30(3,4)8-2/h7-13,15,17-18,24,27,38H,1-2,14,16,19-20H2,3-6H3,(H,33,37)/t24-,27-,32-/m1/s1. The van der Waals surface area contributed by atoms with E-state index in [1.54, 1.807) is 13.8 Å². The van der Waals surface area contributed by atoms with E-state index in [0.717, 1.165) is 22.3 Å². The third kappa shape index (κ3) is 7.18. The van der Waals surface area contributed by atoms with E-state index >= 15 is 0 Å². The van der Waals surface area contributed by atoms with Crippen LogP contribution in [0.15, 0.2) is 72.9 Å². The number of hydrogen-bond donors (Lipinski definition) is 2. The minimum absolute atomic E-state index is 0.186. The first kappa shape index (κ1) is 30.6. The van der Waals surface area contributed by atoms with Crippen LogP contribution in [0.2, 0.25) is 0 Å². The average molecular weight is 547 g/mol. The summed E-state index contributed by atoms with van der Waals surface area (Å²) in [4.78, 5) is 49.7. The van der Waals surface area contributed by atoms with Gasteiger partial charge in [0.2, 0.25) is 11.7 Å². The highest BCUT2D eigenvalue weighted by Gasteiger charge is 2.61. The Morgan fingerprint density at radius 2 is 1.82 bits per heavy atom. The lowest BCUT2D eigenvalue weighted by Gasteiger charge is -2.30. The van der Waals surface area contributed by atoms with Gasteiger partial charge in [0.15, 0.2) is 0 Å². The molecular weight excluding hydrogens is 508 g/mol. The number of rotatable bonds is 13.